The van der Waals surface area contributed by atoms with E-state index < -0.39 is 0 Å². The van der Waals surface area contributed by atoms with E-state index in [4.69, 9.17) is 15.2 Å². The number of amides is 1. The summed E-state index contributed by atoms with van der Waals surface area (Å²) < 4.78 is 10.5. The Hall–Kier alpha value is -3.39. The van der Waals surface area contributed by atoms with Gasteiger partial charge in [0.05, 0.1) is 18.0 Å². The lowest BCUT2D eigenvalue weighted by atomic mass is 10.1. The van der Waals surface area contributed by atoms with Crippen molar-refractivity contribution in [1.82, 2.24) is 20.3 Å². The Bertz CT molecular complexity index is 936. The fraction of sp³-hybridized carbons (Fsp3) is 0.286. The lowest BCUT2D eigenvalue weighted by Gasteiger charge is -2.06. The number of carbonyl (C=O) groups is 1. The zero-order valence-electron chi connectivity index (χ0n) is 16.6. The first-order valence-electron chi connectivity index (χ1n) is 9.35. The quantitative estimate of drug-likeness (QED) is 0.425. The third-order valence-corrected chi connectivity index (χ3v) is 4.30. The van der Waals surface area contributed by atoms with E-state index in [1.165, 1.54) is 4.80 Å². The first-order valence-corrected chi connectivity index (χ1v) is 9.35. The Labute approximate surface area is 169 Å². The Morgan fingerprint density at radius 1 is 1.07 bits per heavy atom. The van der Waals surface area contributed by atoms with Crippen molar-refractivity contribution in [2.24, 2.45) is 0 Å². The molecule has 2 aromatic carbocycles. The van der Waals surface area contributed by atoms with Gasteiger partial charge in [-0.2, -0.15) is 9.90 Å². The van der Waals surface area contributed by atoms with Crippen LogP contribution < -0.4 is 15.8 Å². The predicted octanol–water partition coefficient (Wildman–Crippen LogP) is 2.16. The molecule has 0 unspecified atom stereocenters. The minimum absolute atomic E-state index is 0.247. The molecule has 3 rings (SSSR count). The lowest BCUT2D eigenvalue weighted by Crippen LogP contribution is -2.26. The highest BCUT2D eigenvalue weighted by Gasteiger charge is 2.16. The number of hydrogen-bond acceptors (Lipinski definition) is 6. The lowest BCUT2D eigenvalue weighted by molar-refractivity contribution is 0.0948. The molecule has 1 heterocycles. The van der Waals surface area contributed by atoms with Crippen LogP contribution in [-0.4, -0.2) is 47.8 Å². The van der Waals surface area contributed by atoms with Crippen molar-refractivity contribution >= 4 is 11.6 Å². The number of nitrogen functional groups attached to an aromatic ring is 1. The van der Waals surface area contributed by atoms with Gasteiger partial charge < -0.3 is 20.5 Å². The largest absolute Gasteiger partial charge is 0.491 e. The predicted molar refractivity (Wildman–Crippen MR) is 110 cm³/mol. The second kappa shape index (κ2) is 9.70. The second-order valence-electron chi connectivity index (χ2n) is 6.51. The number of benzene rings is 2. The van der Waals surface area contributed by atoms with Gasteiger partial charge in [0.25, 0.3) is 5.91 Å². The molecule has 152 valence electrons. The third kappa shape index (κ3) is 5.55. The van der Waals surface area contributed by atoms with E-state index in [9.17, 15) is 4.79 Å². The van der Waals surface area contributed by atoms with Gasteiger partial charge in [-0.25, -0.2) is 0 Å². The van der Waals surface area contributed by atoms with Gasteiger partial charge in [0.1, 0.15) is 12.4 Å². The minimum Gasteiger partial charge on any atom is -0.491 e. The first kappa shape index (κ1) is 20.3. The summed E-state index contributed by atoms with van der Waals surface area (Å²) in [5, 5.41) is 11.6. The summed E-state index contributed by atoms with van der Waals surface area (Å²) in [5.41, 5.74) is 9.13. The van der Waals surface area contributed by atoms with E-state index in [0.29, 0.717) is 37.6 Å². The van der Waals surface area contributed by atoms with Gasteiger partial charge >= 0.3 is 0 Å². The Balaban J connectivity index is 1.58. The smallest absolute Gasteiger partial charge is 0.273 e. The van der Waals surface area contributed by atoms with Crippen LogP contribution in [0.25, 0.3) is 5.69 Å². The van der Waals surface area contributed by atoms with Crippen LogP contribution in [0, 0.1) is 6.92 Å². The van der Waals surface area contributed by atoms with E-state index in [1.54, 1.807) is 14.0 Å². The molecule has 0 atom stereocenters. The maximum absolute atomic E-state index is 12.5. The SMILES string of the molecule is COCCOc1ccc(-n2nc(C)c(C(=O)NCCc3ccc(N)cc3)n2)cc1. The van der Waals surface area contributed by atoms with Gasteiger partial charge in [0.2, 0.25) is 0 Å². The summed E-state index contributed by atoms with van der Waals surface area (Å²) in [5.74, 6) is 0.485. The van der Waals surface area contributed by atoms with E-state index in [1.807, 2.05) is 48.5 Å². The highest BCUT2D eigenvalue weighted by Crippen LogP contribution is 2.15. The highest BCUT2D eigenvalue weighted by atomic mass is 16.5. The van der Waals surface area contributed by atoms with Crippen molar-refractivity contribution in [2.75, 3.05) is 32.6 Å². The molecular formula is C21H25N5O3. The van der Waals surface area contributed by atoms with E-state index in [2.05, 4.69) is 15.5 Å². The molecule has 8 heteroatoms. The summed E-state index contributed by atoms with van der Waals surface area (Å²) in [6, 6.07) is 14.9. The molecule has 0 radical (unpaired) electrons. The highest BCUT2D eigenvalue weighted by molar-refractivity contribution is 5.93. The Kier molecular flexibility index (Phi) is 6.80. The van der Waals surface area contributed by atoms with Crippen molar-refractivity contribution in [2.45, 2.75) is 13.3 Å². The molecule has 0 aliphatic rings. The molecule has 0 aliphatic heterocycles. The molecule has 1 aromatic heterocycles. The number of nitrogens with zero attached hydrogens (tertiary/aromatic N) is 3. The van der Waals surface area contributed by atoms with Crippen molar-refractivity contribution in [3.8, 4) is 11.4 Å². The van der Waals surface area contributed by atoms with E-state index >= 15 is 0 Å². The number of rotatable bonds is 9. The van der Waals surface area contributed by atoms with Crippen molar-refractivity contribution in [3.05, 3.63) is 65.5 Å². The van der Waals surface area contributed by atoms with Gasteiger partial charge in [-0.1, -0.05) is 12.1 Å². The number of carbonyl (C=O) groups excluding carboxylic acids is 1. The van der Waals surface area contributed by atoms with Crippen LogP contribution in [0.5, 0.6) is 5.75 Å². The maximum Gasteiger partial charge on any atom is 0.273 e. The van der Waals surface area contributed by atoms with Crippen molar-refractivity contribution < 1.29 is 14.3 Å². The molecule has 3 N–H and O–H groups in total. The fourth-order valence-corrected chi connectivity index (χ4v) is 2.71. The van der Waals surface area contributed by atoms with Gasteiger partial charge in [-0.05, 0) is 55.3 Å². The number of nitrogens with one attached hydrogen (secondary N) is 1. The Morgan fingerprint density at radius 2 is 1.79 bits per heavy atom. The second-order valence-corrected chi connectivity index (χ2v) is 6.51. The standard InChI is InChI=1S/C21H25N5O3/c1-15-20(21(27)23-12-11-16-3-5-17(22)6-4-16)25-26(24-15)18-7-9-19(10-8-18)29-14-13-28-2/h3-10H,11-14,22H2,1-2H3,(H,23,27). The molecule has 0 bridgehead atoms. The molecular weight excluding hydrogens is 370 g/mol. The van der Waals surface area contributed by atoms with Crippen LogP contribution in [0.4, 0.5) is 5.69 Å². The maximum atomic E-state index is 12.5. The average molecular weight is 395 g/mol. The molecule has 3 aromatic rings. The summed E-state index contributed by atoms with van der Waals surface area (Å²) in [6.07, 6.45) is 0.712. The fourth-order valence-electron chi connectivity index (χ4n) is 2.71. The summed E-state index contributed by atoms with van der Waals surface area (Å²) in [7, 11) is 1.63. The van der Waals surface area contributed by atoms with Gasteiger partial charge in [0.15, 0.2) is 5.69 Å². The summed E-state index contributed by atoms with van der Waals surface area (Å²) in [4.78, 5) is 13.9. The third-order valence-electron chi connectivity index (χ3n) is 4.30. The molecule has 0 saturated carbocycles. The average Bonchev–Trinajstić information content (AvgIpc) is 3.12. The molecule has 0 spiro atoms. The molecule has 0 fully saturated rings. The number of aryl methyl sites for hydroxylation is 1. The number of anilines is 1. The summed E-state index contributed by atoms with van der Waals surface area (Å²) in [6.45, 7) is 3.28. The number of methoxy groups -OCH3 is 1. The Morgan fingerprint density at radius 3 is 2.48 bits per heavy atom. The number of nitrogens with two attached hydrogens (primary N) is 1. The molecule has 0 saturated heterocycles. The van der Waals surface area contributed by atoms with Gasteiger partial charge in [-0.15, -0.1) is 5.10 Å². The van der Waals surface area contributed by atoms with E-state index in [0.717, 1.165) is 22.7 Å². The zero-order valence-corrected chi connectivity index (χ0v) is 16.6. The summed E-state index contributed by atoms with van der Waals surface area (Å²) >= 11 is 0. The van der Waals surface area contributed by atoms with Crippen molar-refractivity contribution in [3.63, 3.8) is 0 Å². The topological polar surface area (TPSA) is 104 Å². The molecule has 0 aliphatic carbocycles. The van der Waals surface area contributed by atoms with Crippen LogP contribution in [0.1, 0.15) is 21.7 Å². The van der Waals surface area contributed by atoms with Gasteiger partial charge in [-0.3, -0.25) is 4.79 Å². The van der Waals surface area contributed by atoms with Gasteiger partial charge in [0, 0.05) is 19.3 Å². The number of aromatic nitrogens is 3. The van der Waals surface area contributed by atoms with E-state index in [-0.39, 0.29) is 5.91 Å². The number of hydrogen-bond donors (Lipinski definition) is 2. The monoisotopic (exact) mass is 395 g/mol. The molecule has 29 heavy (non-hydrogen) atoms. The minimum atomic E-state index is -0.247. The normalized spacial score (nSPS) is 10.7. The van der Waals surface area contributed by atoms with Crippen LogP contribution >= 0.6 is 0 Å². The first-order chi connectivity index (χ1) is 14.1. The molecule has 8 nitrogen and oxygen atoms in total. The zero-order chi connectivity index (χ0) is 20.6. The van der Waals surface area contributed by atoms with Crippen molar-refractivity contribution in [1.29, 1.82) is 0 Å². The van der Waals surface area contributed by atoms with Crippen LogP contribution in [0.15, 0.2) is 48.5 Å². The number of ether oxygens (including phenoxy) is 2. The van der Waals surface area contributed by atoms with Crippen LogP contribution in [-0.2, 0) is 11.2 Å². The molecule has 1 amide bonds. The van der Waals surface area contributed by atoms with Crippen LogP contribution in [0.2, 0.25) is 0 Å². The van der Waals surface area contributed by atoms with Crippen LogP contribution in [0.3, 0.4) is 0 Å².